The van der Waals surface area contributed by atoms with Crippen molar-refractivity contribution in [1.29, 1.82) is 0 Å². The topological polar surface area (TPSA) is 0 Å². The van der Waals surface area contributed by atoms with Crippen LogP contribution in [0.4, 0.5) is 83.4 Å². The van der Waals surface area contributed by atoms with E-state index in [4.69, 9.17) is 0 Å². The Morgan fingerprint density at radius 1 is 0.273 bits per heavy atom. The van der Waals surface area contributed by atoms with Crippen molar-refractivity contribution in [3.63, 3.8) is 0 Å². The molecule has 0 amide bonds. The fraction of sp³-hybridized carbons (Fsp3) is 0. The number of rotatable bonds is 3. The summed E-state index contributed by atoms with van der Waals surface area (Å²) in [6, 6.07) is -0.216. The predicted molar refractivity (Wildman–Crippen MR) is 110 cm³/mol. The van der Waals surface area contributed by atoms with Crippen LogP contribution in [0.5, 0.6) is 0 Å². The Kier molecular flexibility index (Phi) is 9.54. The fourth-order valence-electron chi connectivity index (χ4n) is 3.38. The van der Waals surface area contributed by atoms with Crippen LogP contribution < -0.4 is 10.9 Å². The highest BCUT2D eigenvalue weighted by molar-refractivity contribution is 6.67. The normalized spacial score (nSPS) is 11.1. The molecule has 234 valence electrons. The first-order valence-corrected chi connectivity index (χ1v) is 10.6. The fourth-order valence-corrected chi connectivity index (χ4v) is 3.38. The van der Waals surface area contributed by atoms with E-state index in [9.17, 15) is 83.4 Å². The zero-order chi connectivity index (χ0) is 33.7. The summed E-state index contributed by atoms with van der Waals surface area (Å²) in [6.07, 6.45) is 0. The van der Waals surface area contributed by atoms with E-state index in [0.717, 1.165) is 0 Å². The van der Waals surface area contributed by atoms with Gasteiger partial charge in [-0.2, -0.15) is 0 Å². The molecule has 20 heteroatoms. The highest BCUT2D eigenvalue weighted by Crippen LogP contribution is 2.35. The summed E-state index contributed by atoms with van der Waals surface area (Å²) in [5, 5.41) is 0. The Morgan fingerprint density at radius 2 is 0.523 bits per heavy atom. The van der Waals surface area contributed by atoms with Crippen LogP contribution in [0.25, 0.3) is 11.1 Å². The first-order valence-electron chi connectivity index (χ1n) is 10.6. The predicted octanol–water partition coefficient (Wildman–Crippen LogP) is 7.07. The van der Waals surface area contributed by atoms with Gasteiger partial charge in [-0.15, -0.1) is 0 Å². The second-order valence-electron chi connectivity index (χ2n) is 8.07. The zero-order valence-corrected chi connectivity index (χ0v) is 20.0. The molecule has 4 aromatic rings. The molecule has 0 N–H and O–H groups in total. The summed E-state index contributed by atoms with van der Waals surface area (Å²) in [6.45, 7) is 0. The lowest BCUT2D eigenvalue weighted by Crippen LogP contribution is -2.39. The monoisotopic (exact) mass is 662 g/mol. The number of hydrogen-bond donors (Lipinski definition) is 0. The van der Waals surface area contributed by atoms with Gasteiger partial charge in [0.25, 0.3) is 0 Å². The maximum Gasteiger partial charge on any atom is 0.208 e. The van der Waals surface area contributed by atoms with Gasteiger partial charge < -0.3 is 0 Å². The van der Waals surface area contributed by atoms with E-state index >= 15 is 0 Å². The number of halogens is 19. The largest absolute Gasteiger partial charge is 0.208 e. The second-order valence-corrected chi connectivity index (χ2v) is 8.07. The lowest BCUT2D eigenvalue weighted by atomic mass is 9.62. The molecule has 4 aromatic carbocycles. The van der Waals surface area contributed by atoms with E-state index in [2.05, 4.69) is 0 Å². The number of hydrogen-bond acceptors (Lipinski definition) is 0. The molecule has 0 bridgehead atoms. The summed E-state index contributed by atoms with van der Waals surface area (Å²) >= 11 is 0. The van der Waals surface area contributed by atoms with Gasteiger partial charge in [-0.1, -0.05) is 0 Å². The van der Waals surface area contributed by atoms with Crippen LogP contribution in [0.1, 0.15) is 0 Å². The maximum absolute atomic E-state index is 13.4. The van der Waals surface area contributed by atoms with Crippen molar-refractivity contribution in [1.82, 2.24) is 0 Å². The summed E-state index contributed by atoms with van der Waals surface area (Å²) in [5.74, 6) is -46.0. The van der Waals surface area contributed by atoms with Crippen molar-refractivity contribution in [2.75, 3.05) is 0 Å². The average molecular weight is 662 g/mol. The van der Waals surface area contributed by atoms with Crippen molar-refractivity contribution in [3.05, 3.63) is 117 Å². The Balaban J connectivity index is 0.000000241. The van der Waals surface area contributed by atoms with Gasteiger partial charge in [-0.25, -0.2) is 83.4 Å². The molecule has 0 saturated heterocycles. The van der Waals surface area contributed by atoms with Gasteiger partial charge in [0.2, 0.25) is 13.1 Å². The average Bonchev–Trinajstić information content (AvgIpc) is 3.00. The zero-order valence-electron chi connectivity index (χ0n) is 20.0. The molecule has 0 aromatic heterocycles. The highest BCUT2D eigenvalue weighted by Gasteiger charge is 2.32. The minimum absolute atomic E-state index is 0.216. The van der Waals surface area contributed by atoms with Gasteiger partial charge in [-0.3, -0.25) is 0 Å². The minimum Gasteiger partial charge on any atom is -0.204 e. The van der Waals surface area contributed by atoms with E-state index < -0.39 is 140 Å². The molecule has 0 radical (unpaired) electrons. The Labute approximate surface area is 230 Å². The molecule has 0 nitrogen and oxygen atoms in total. The lowest BCUT2D eigenvalue weighted by Gasteiger charge is -2.10. The molecule has 0 atom stereocenters. The standard InChI is InChI=1S/C12HBF10.C12HF9/c14-3-1(4(15)8(19)11(22)7(3)18)13-2-5(16)9(20)12(23)10(21)6(2)17;13-3-1-2(5(14)9(18)6(3)15)4-7(16)10(19)12(21)11(20)8(4)17/h13H;1H. The quantitative estimate of drug-likeness (QED) is 0.0954. The van der Waals surface area contributed by atoms with Crippen LogP contribution >= 0.6 is 0 Å². The smallest absolute Gasteiger partial charge is 0.204 e. The molecule has 0 unspecified atom stereocenters. The summed E-state index contributed by atoms with van der Waals surface area (Å²) in [7, 11) is -1.74. The van der Waals surface area contributed by atoms with Gasteiger partial charge in [0, 0.05) is 5.56 Å². The molecule has 0 spiro atoms. The van der Waals surface area contributed by atoms with Crippen LogP contribution in [0.3, 0.4) is 0 Å². The highest BCUT2D eigenvalue weighted by atomic mass is 19.2. The van der Waals surface area contributed by atoms with Gasteiger partial charge in [0.05, 0.1) is 5.56 Å². The summed E-state index contributed by atoms with van der Waals surface area (Å²) in [4.78, 5) is 0. The van der Waals surface area contributed by atoms with E-state index in [-0.39, 0.29) is 6.07 Å². The van der Waals surface area contributed by atoms with E-state index in [1.165, 1.54) is 0 Å². The van der Waals surface area contributed by atoms with Crippen LogP contribution in [-0.2, 0) is 0 Å². The first kappa shape index (κ1) is 34.1. The van der Waals surface area contributed by atoms with Crippen LogP contribution in [-0.4, -0.2) is 7.28 Å². The Bertz CT molecular complexity index is 1680. The van der Waals surface area contributed by atoms with E-state index in [1.807, 2.05) is 0 Å². The maximum atomic E-state index is 13.4. The molecule has 0 heterocycles. The molecule has 0 aliphatic heterocycles. The van der Waals surface area contributed by atoms with Gasteiger partial charge in [-0.05, 0) is 17.0 Å². The van der Waals surface area contributed by atoms with Crippen molar-refractivity contribution in [2.24, 2.45) is 0 Å². The van der Waals surface area contributed by atoms with Crippen molar-refractivity contribution >= 4 is 18.2 Å². The van der Waals surface area contributed by atoms with E-state index in [0.29, 0.717) is 0 Å². The van der Waals surface area contributed by atoms with E-state index in [1.54, 1.807) is 0 Å². The third kappa shape index (κ3) is 5.52. The molecular formula is C24H2BF19. The number of benzene rings is 4. The Morgan fingerprint density at radius 3 is 0.841 bits per heavy atom. The van der Waals surface area contributed by atoms with Gasteiger partial charge >= 0.3 is 0 Å². The van der Waals surface area contributed by atoms with Crippen LogP contribution in [0.15, 0.2) is 6.07 Å². The first-order chi connectivity index (χ1) is 20.3. The van der Waals surface area contributed by atoms with Crippen LogP contribution in [0, 0.1) is 111 Å². The SMILES string of the molecule is Fc1c(F)c(F)c(Bc2c(F)c(F)c(F)c(F)c2F)c(F)c1F.Fc1cc(-c2c(F)c(F)c(F)c(F)c2F)c(F)c(F)c1F. The molecular weight excluding hydrogens is 660 g/mol. The van der Waals surface area contributed by atoms with Crippen molar-refractivity contribution in [2.45, 2.75) is 0 Å². The van der Waals surface area contributed by atoms with Crippen molar-refractivity contribution < 1.29 is 83.4 Å². The van der Waals surface area contributed by atoms with Gasteiger partial charge in [0.1, 0.15) is 0 Å². The Hall–Kier alpha value is -4.39. The third-order valence-electron chi connectivity index (χ3n) is 5.54. The summed E-state index contributed by atoms with van der Waals surface area (Å²) < 4.78 is 249. The van der Waals surface area contributed by atoms with Gasteiger partial charge in [0.15, 0.2) is 105 Å². The molecule has 0 fully saturated rings. The molecule has 0 aliphatic rings. The minimum atomic E-state index is -2.53. The summed E-state index contributed by atoms with van der Waals surface area (Å²) in [5.41, 5.74) is -7.00. The lowest BCUT2D eigenvalue weighted by molar-refractivity contribution is 0.379. The molecule has 44 heavy (non-hydrogen) atoms. The molecule has 4 rings (SSSR count). The molecule has 0 saturated carbocycles. The third-order valence-corrected chi connectivity index (χ3v) is 5.54. The van der Waals surface area contributed by atoms with Crippen LogP contribution in [0.2, 0.25) is 0 Å². The second kappa shape index (κ2) is 12.3. The van der Waals surface area contributed by atoms with Crippen molar-refractivity contribution in [3.8, 4) is 11.1 Å². The molecule has 0 aliphatic carbocycles.